The third-order valence-electron chi connectivity index (χ3n) is 4.45. The first kappa shape index (κ1) is 14.8. The van der Waals surface area contributed by atoms with Crippen LogP contribution in [0.3, 0.4) is 0 Å². The van der Waals surface area contributed by atoms with Crippen molar-refractivity contribution in [2.45, 2.75) is 53.9 Å². The minimum absolute atomic E-state index is 0.00167. The summed E-state index contributed by atoms with van der Waals surface area (Å²) in [7, 11) is 0. The maximum atomic E-state index is 4.49. The molecule has 1 aromatic heterocycles. The summed E-state index contributed by atoms with van der Waals surface area (Å²) in [5, 5.41) is 0. The predicted molar refractivity (Wildman–Crippen MR) is 86.5 cm³/mol. The molecule has 1 heteroatoms. The van der Waals surface area contributed by atoms with Crippen molar-refractivity contribution in [1.82, 2.24) is 4.98 Å². The lowest BCUT2D eigenvalue weighted by Gasteiger charge is -2.28. The van der Waals surface area contributed by atoms with E-state index in [1.165, 1.54) is 27.8 Å². The Morgan fingerprint density at radius 1 is 0.700 bits per heavy atom. The van der Waals surface area contributed by atoms with Crippen LogP contribution in [-0.4, -0.2) is 4.98 Å². The lowest BCUT2D eigenvalue weighted by atomic mass is 9.76. The van der Waals surface area contributed by atoms with Crippen LogP contribution in [0, 0.1) is 34.6 Å². The molecule has 0 radical (unpaired) electrons. The number of pyridine rings is 1. The highest BCUT2D eigenvalue weighted by Gasteiger charge is 2.24. The van der Waals surface area contributed by atoms with Gasteiger partial charge in [-0.25, -0.2) is 0 Å². The number of hydrogen-bond acceptors (Lipinski definition) is 1. The lowest BCUT2D eigenvalue weighted by Crippen LogP contribution is -2.20. The molecule has 106 valence electrons. The third kappa shape index (κ3) is 2.63. The normalized spacial score (nSPS) is 11.8. The van der Waals surface area contributed by atoms with Crippen LogP contribution in [0.15, 0.2) is 24.3 Å². The van der Waals surface area contributed by atoms with Gasteiger partial charge in [-0.05, 0) is 74.6 Å². The highest BCUT2D eigenvalue weighted by atomic mass is 14.7. The quantitative estimate of drug-likeness (QED) is 0.750. The van der Waals surface area contributed by atoms with Crippen LogP contribution < -0.4 is 0 Å². The zero-order valence-corrected chi connectivity index (χ0v) is 13.8. The zero-order chi connectivity index (χ0) is 15.1. The van der Waals surface area contributed by atoms with E-state index in [1.807, 2.05) is 0 Å². The molecule has 0 aliphatic carbocycles. The van der Waals surface area contributed by atoms with Crippen LogP contribution in [0.1, 0.15) is 53.1 Å². The van der Waals surface area contributed by atoms with Gasteiger partial charge in [0.25, 0.3) is 0 Å². The van der Waals surface area contributed by atoms with E-state index in [1.54, 1.807) is 0 Å². The van der Waals surface area contributed by atoms with Crippen molar-refractivity contribution in [3.63, 3.8) is 0 Å². The second-order valence-electron chi connectivity index (χ2n) is 6.50. The molecule has 0 amide bonds. The number of hydrogen-bond donors (Lipinski definition) is 0. The van der Waals surface area contributed by atoms with Gasteiger partial charge in [0.1, 0.15) is 0 Å². The molecule has 0 spiro atoms. The summed E-state index contributed by atoms with van der Waals surface area (Å²) in [5.41, 5.74) is 9.04. The summed E-state index contributed by atoms with van der Waals surface area (Å²) in [4.78, 5) is 4.49. The first-order valence-corrected chi connectivity index (χ1v) is 7.26. The van der Waals surface area contributed by atoms with Crippen LogP contribution in [-0.2, 0) is 5.41 Å². The number of aromatic nitrogens is 1. The fourth-order valence-corrected chi connectivity index (χ4v) is 2.76. The van der Waals surface area contributed by atoms with Crippen molar-refractivity contribution in [1.29, 1.82) is 0 Å². The van der Waals surface area contributed by atoms with Crippen LogP contribution >= 0.6 is 0 Å². The zero-order valence-electron chi connectivity index (χ0n) is 13.8. The maximum Gasteiger partial charge on any atom is 0.0378 e. The second kappa shape index (κ2) is 5.05. The molecular formula is C19H25N. The molecule has 0 unspecified atom stereocenters. The minimum Gasteiger partial charge on any atom is -0.258 e. The number of nitrogens with zero attached hydrogens (tertiary/aromatic N) is 1. The van der Waals surface area contributed by atoms with Crippen LogP contribution in [0.25, 0.3) is 0 Å². The number of rotatable bonds is 2. The SMILES string of the molecule is Cc1cc(C(C)(C)c2cc(C)c(C)c(C)c2)cc(C)n1. The van der Waals surface area contributed by atoms with Gasteiger partial charge in [-0.3, -0.25) is 4.98 Å². The summed E-state index contributed by atoms with van der Waals surface area (Å²) in [6.45, 7) is 15.3. The highest BCUT2D eigenvalue weighted by molar-refractivity contribution is 5.45. The molecule has 0 N–H and O–H groups in total. The third-order valence-corrected chi connectivity index (χ3v) is 4.45. The Kier molecular flexibility index (Phi) is 3.73. The van der Waals surface area contributed by atoms with Gasteiger partial charge < -0.3 is 0 Å². The van der Waals surface area contributed by atoms with Gasteiger partial charge in [0.05, 0.1) is 0 Å². The molecule has 0 saturated heterocycles. The van der Waals surface area contributed by atoms with E-state index in [-0.39, 0.29) is 5.41 Å². The van der Waals surface area contributed by atoms with E-state index in [0.717, 1.165) is 11.4 Å². The van der Waals surface area contributed by atoms with Gasteiger partial charge >= 0.3 is 0 Å². The van der Waals surface area contributed by atoms with E-state index < -0.39 is 0 Å². The van der Waals surface area contributed by atoms with Crippen molar-refractivity contribution in [3.05, 3.63) is 63.5 Å². The van der Waals surface area contributed by atoms with Crippen LogP contribution in [0.2, 0.25) is 0 Å². The molecule has 0 fully saturated rings. The van der Waals surface area contributed by atoms with Crippen molar-refractivity contribution in [3.8, 4) is 0 Å². The number of benzene rings is 1. The summed E-state index contributed by atoms with van der Waals surface area (Å²) in [6.07, 6.45) is 0. The van der Waals surface area contributed by atoms with Crippen molar-refractivity contribution >= 4 is 0 Å². The summed E-state index contributed by atoms with van der Waals surface area (Å²) in [6, 6.07) is 9.07. The Balaban J connectivity index is 2.59. The molecular weight excluding hydrogens is 242 g/mol. The Bertz CT molecular complexity index is 608. The van der Waals surface area contributed by atoms with E-state index in [4.69, 9.17) is 0 Å². The Labute approximate surface area is 123 Å². The Hall–Kier alpha value is -1.63. The van der Waals surface area contributed by atoms with Crippen molar-refractivity contribution < 1.29 is 0 Å². The Morgan fingerprint density at radius 3 is 1.55 bits per heavy atom. The van der Waals surface area contributed by atoms with E-state index in [9.17, 15) is 0 Å². The van der Waals surface area contributed by atoms with Gasteiger partial charge in [0, 0.05) is 16.8 Å². The van der Waals surface area contributed by atoms with Gasteiger partial charge in [-0.1, -0.05) is 26.0 Å². The molecule has 0 saturated carbocycles. The molecule has 0 atom stereocenters. The molecule has 1 aromatic carbocycles. The summed E-state index contributed by atoms with van der Waals surface area (Å²) in [5.74, 6) is 0. The van der Waals surface area contributed by atoms with Gasteiger partial charge in [0.2, 0.25) is 0 Å². The van der Waals surface area contributed by atoms with Gasteiger partial charge in [-0.2, -0.15) is 0 Å². The topological polar surface area (TPSA) is 12.9 Å². The maximum absolute atomic E-state index is 4.49. The largest absolute Gasteiger partial charge is 0.258 e. The summed E-state index contributed by atoms with van der Waals surface area (Å²) >= 11 is 0. The Morgan fingerprint density at radius 2 is 1.10 bits per heavy atom. The smallest absolute Gasteiger partial charge is 0.0378 e. The van der Waals surface area contributed by atoms with Crippen molar-refractivity contribution in [2.24, 2.45) is 0 Å². The lowest BCUT2D eigenvalue weighted by molar-refractivity contribution is 0.636. The van der Waals surface area contributed by atoms with E-state index in [0.29, 0.717) is 0 Å². The molecule has 2 aromatic rings. The number of aryl methyl sites for hydroxylation is 4. The van der Waals surface area contributed by atoms with E-state index in [2.05, 4.69) is 77.7 Å². The van der Waals surface area contributed by atoms with Crippen LogP contribution in [0.5, 0.6) is 0 Å². The summed E-state index contributed by atoms with van der Waals surface area (Å²) < 4.78 is 0. The fraction of sp³-hybridized carbons (Fsp3) is 0.421. The molecule has 20 heavy (non-hydrogen) atoms. The first-order valence-electron chi connectivity index (χ1n) is 7.26. The monoisotopic (exact) mass is 267 g/mol. The predicted octanol–water partition coefficient (Wildman–Crippen LogP) is 4.95. The molecule has 1 nitrogen and oxygen atoms in total. The van der Waals surface area contributed by atoms with E-state index >= 15 is 0 Å². The molecule has 0 bridgehead atoms. The second-order valence-corrected chi connectivity index (χ2v) is 6.50. The van der Waals surface area contributed by atoms with Crippen molar-refractivity contribution in [2.75, 3.05) is 0 Å². The average molecular weight is 267 g/mol. The standard InChI is InChI=1S/C19H25N/c1-12-8-17(9-13(2)16(12)5)19(6,7)18-10-14(3)20-15(4)11-18/h8-11H,1-7H3. The molecule has 0 aliphatic rings. The average Bonchev–Trinajstić information content (AvgIpc) is 2.34. The molecule has 1 heterocycles. The molecule has 2 rings (SSSR count). The highest BCUT2D eigenvalue weighted by Crippen LogP contribution is 2.34. The van der Waals surface area contributed by atoms with Gasteiger partial charge in [-0.15, -0.1) is 0 Å². The first-order chi connectivity index (χ1) is 9.21. The van der Waals surface area contributed by atoms with Crippen LogP contribution in [0.4, 0.5) is 0 Å². The fourth-order valence-electron chi connectivity index (χ4n) is 2.76. The molecule has 0 aliphatic heterocycles. The minimum atomic E-state index is 0.00167. The van der Waals surface area contributed by atoms with Gasteiger partial charge in [0.15, 0.2) is 0 Å².